The van der Waals surface area contributed by atoms with Crippen molar-refractivity contribution in [2.75, 3.05) is 26.2 Å². The standard InChI is InChI=1S/C21H24N2O3S/c1-24-19-9-8-14(12-20(19)25-2)16-13-17-15-6-4-5-7-18(15)26-21(10-11-27-3)23(17)22-16/h4-9,12,17,21H,10-11,13H2,1-3H3/t17-,21-/m0/s1. The number of rotatable bonds is 6. The Morgan fingerprint density at radius 3 is 2.74 bits per heavy atom. The Hall–Kier alpha value is -2.34. The smallest absolute Gasteiger partial charge is 0.188 e. The number of ether oxygens (including phenoxy) is 3. The second-order valence-electron chi connectivity index (χ2n) is 6.61. The van der Waals surface area contributed by atoms with E-state index in [-0.39, 0.29) is 12.3 Å². The average molecular weight is 385 g/mol. The van der Waals surface area contributed by atoms with Gasteiger partial charge in [-0.2, -0.15) is 16.9 Å². The van der Waals surface area contributed by atoms with Gasteiger partial charge >= 0.3 is 0 Å². The van der Waals surface area contributed by atoms with Crippen molar-refractivity contribution in [1.29, 1.82) is 0 Å². The summed E-state index contributed by atoms with van der Waals surface area (Å²) < 4.78 is 17.1. The lowest BCUT2D eigenvalue weighted by molar-refractivity contribution is -0.0180. The topological polar surface area (TPSA) is 43.3 Å². The molecule has 2 aliphatic rings. The minimum Gasteiger partial charge on any atom is -0.493 e. The van der Waals surface area contributed by atoms with Gasteiger partial charge in [0.1, 0.15) is 5.75 Å². The van der Waals surface area contributed by atoms with Gasteiger partial charge in [-0.25, -0.2) is 0 Å². The summed E-state index contributed by atoms with van der Waals surface area (Å²) in [6.45, 7) is 0. The number of nitrogens with zero attached hydrogens (tertiary/aromatic N) is 2. The summed E-state index contributed by atoms with van der Waals surface area (Å²) in [5.41, 5.74) is 3.32. The Morgan fingerprint density at radius 1 is 1.15 bits per heavy atom. The van der Waals surface area contributed by atoms with Gasteiger partial charge in [-0.05, 0) is 36.3 Å². The molecule has 0 aliphatic carbocycles. The molecule has 2 atom stereocenters. The van der Waals surface area contributed by atoms with Crippen molar-refractivity contribution in [1.82, 2.24) is 5.01 Å². The summed E-state index contributed by atoms with van der Waals surface area (Å²) in [6, 6.07) is 14.5. The van der Waals surface area contributed by atoms with Crippen LogP contribution in [0, 0.1) is 0 Å². The van der Waals surface area contributed by atoms with Crippen LogP contribution >= 0.6 is 11.8 Å². The first-order valence-corrected chi connectivity index (χ1v) is 10.5. The van der Waals surface area contributed by atoms with Gasteiger partial charge in [0, 0.05) is 24.0 Å². The highest BCUT2D eigenvalue weighted by atomic mass is 32.2. The molecule has 0 unspecified atom stereocenters. The van der Waals surface area contributed by atoms with Crippen LogP contribution in [0.3, 0.4) is 0 Å². The van der Waals surface area contributed by atoms with E-state index < -0.39 is 0 Å². The number of hydrogen-bond acceptors (Lipinski definition) is 6. The van der Waals surface area contributed by atoms with Crippen LogP contribution in [0.2, 0.25) is 0 Å². The van der Waals surface area contributed by atoms with Crippen LogP contribution in [0.25, 0.3) is 0 Å². The minimum atomic E-state index is -0.0324. The van der Waals surface area contributed by atoms with E-state index in [4.69, 9.17) is 19.3 Å². The normalized spacial score (nSPS) is 20.4. The van der Waals surface area contributed by atoms with Gasteiger partial charge in [-0.1, -0.05) is 18.2 Å². The Labute approximate surface area is 164 Å². The van der Waals surface area contributed by atoms with Crippen LogP contribution in [-0.4, -0.2) is 43.2 Å². The molecule has 4 rings (SSSR count). The molecule has 6 heteroatoms. The van der Waals surface area contributed by atoms with E-state index in [9.17, 15) is 0 Å². The quantitative estimate of drug-likeness (QED) is 0.742. The number of hydrazone groups is 1. The highest BCUT2D eigenvalue weighted by Crippen LogP contribution is 2.44. The molecule has 2 aromatic rings. The zero-order chi connectivity index (χ0) is 18.8. The van der Waals surface area contributed by atoms with E-state index in [1.165, 1.54) is 5.56 Å². The summed E-state index contributed by atoms with van der Waals surface area (Å²) in [4.78, 5) is 0. The number of thioether (sulfide) groups is 1. The number of hydrogen-bond donors (Lipinski definition) is 0. The van der Waals surface area contributed by atoms with Crippen LogP contribution < -0.4 is 14.2 Å². The van der Waals surface area contributed by atoms with E-state index in [0.717, 1.165) is 47.1 Å². The Balaban J connectivity index is 1.68. The summed E-state index contributed by atoms with van der Waals surface area (Å²) in [5, 5.41) is 7.11. The molecule has 0 fully saturated rings. The summed E-state index contributed by atoms with van der Waals surface area (Å²) >= 11 is 1.83. The molecule has 0 saturated heterocycles. The molecule has 0 bridgehead atoms. The van der Waals surface area contributed by atoms with Crippen molar-refractivity contribution < 1.29 is 14.2 Å². The number of para-hydroxylation sites is 1. The zero-order valence-electron chi connectivity index (χ0n) is 15.8. The van der Waals surface area contributed by atoms with Crippen molar-refractivity contribution in [2.24, 2.45) is 5.10 Å². The minimum absolute atomic E-state index is 0.0324. The van der Waals surface area contributed by atoms with Gasteiger partial charge in [0.25, 0.3) is 0 Å². The lowest BCUT2D eigenvalue weighted by Gasteiger charge is -2.38. The van der Waals surface area contributed by atoms with Crippen LogP contribution in [0.4, 0.5) is 0 Å². The number of benzene rings is 2. The van der Waals surface area contributed by atoms with Gasteiger partial charge in [0.15, 0.2) is 17.7 Å². The summed E-state index contributed by atoms with van der Waals surface area (Å²) in [5.74, 6) is 3.47. The Bertz CT molecular complexity index is 855. The number of fused-ring (bicyclic) bond motifs is 3. The zero-order valence-corrected chi connectivity index (χ0v) is 16.7. The fourth-order valence-corrected chi connectivity index (χ4v) is 4.15. The molecule has 0 aromatic heterocycles. The fourth-order valence-electron chi connectivity index (χ4n) is 3.71. The fraction of sp³-hybridized carbons (Fsp3) is 0.381. The highest BCUT2D eigenvalue weighted by Gasteiger charge is 2.39. The number of methoxy groups -OCH3 is 2. The van der Waals surface area contributed by atoms with E-state index in [2.05, 4.69) is 29.5 Å². The molecular weight excluding hydrogens is 360 g/mol. The summed E-state index contributed by atoms with van der Waals surface area (Å²) in [7, 11) is 3.30. The molecule has 5 nitrogen and oxygen atoms in total. The molecule has 27 heavy (non-hydrogen) atoms. The second-order valence-corrected chi connectivity index (χ2v) is 7.59. The predicted molar refractivity (Wildman–Crippen MR) is 109 cm³/mol. The van der Waals surface area contributed by atoms with Crippen molar-refractivity contribution in [3.05, 3.63) is 53.6 Å². The highest BCUT2D eigenvalue weighted by molar-refractivity contribution is 7.98. The predicted octanol–water partition coefficient (Wildman–Crippen LogP) is 4.33. The third-order valence-corrected chi connectivity index (χ3v) is 5.71. The average Bonchev–Trinajstić information content (AvgIpc) is 3.17. The molecule has 2 heterocycles. The van der Waals surface area contributed by atoms with Crippen molar-refractivity contribution in [3.63, 3.8) is 0 Å². The van der Waals surface area contributed by atoms with Gasteiger partial charge < -0.3 is 14.2 Å². The van der Waals surface area contributed by atoms with E-state index >= 15 is 0 Å². The largest absolute Gasteiger partial charge is 0.493 e. The van der Waals surface area contributed by atoms with E-state index in [1.807, 2.05) is 36.0 Å². The maximum Gasteiger partial charge on any atom is 0.188 e. The Morgan fingerprint density at radius 2 is 1.96 bits per heavy atom. The maximum absolute atomic E-state index is 6.27. The van der Waals surface area contributed by atoms with Crippen LogP contribution in [-0.2, 0) is 0 Å². The van der Waals surface area contributed by atoms with Crippen LogP contribution in [0.1, 0.15) is 30.0 Å². The molecule has 0 amide bonds. The Kier molecular flexibility index (Phi) is 5.16. The summed E-state index contributed by atoms with van der Waals surface area (Å²) in [6.07, 6.45) is 3.88. The first-order chi connectivity index (χ1) is 13.2. The van der Waals surface area contributed by atoms with Crippen molar-refractivity contribution >= 4 is 17.5 Å². The second kappa shape index (κ2) is 7.72. The third kappa shape index (κ3) is 3.34. The van der Waals surface area contributed by atoms with Gasteiger partial charge in [0.05, 0.1) is 26.0 Å². The molecule has 142 valence electrons. The van der Waals surface area contributed by atoms with Crippen molar-refractivity contribution in [3.8, 4) is 17.2 Å². The van der Waals surface area contributed by atoms with Crippen LogP contribution in [0.5, 0.6) is 17.2 Å². The van der Waals surface area contributed by atoms with E-state index in [0.29, 0.717) is 0 Å². The first-order valence-electron chi connectivity index (χ1n) is 9.08. The third-order valence-electron chi connectivity index (χ3n) is 5.06. The maximum atomic E-state index is 6.27. The molecule has 0 spiro atoms. The molecule has 0 saturated carbocycles. The molecular formula is C21H24N2O3S. The van der Waals surface area contributed by atoms with Gasteiger partial charge in [-0.3, -0.25) is 5.01 Å². The lowest BCUT2D eigenvalue weighted by Crippen LogP contribution is -2.40. The van der Waals surface area contributed by atoms with Crippen LogP contribution in [0.15, 0.2) is 47.6 Å². The van der Waals surface area contributed by atoms with Gasteiger partial charge in [-0.15, -0.1) is 0 Å². The van der Waals surface area contributed by atoms with Crippen molar-refractivity contribution in [2.45, 2.75) is 25.1 Å². The molecule has 2 aromatic carbocycles. The SMILES string of the molecule is COc1ccc(C2=NN3[C@H](CCSC)Oc4ccccc4[C@@H]3C2)cc1OC. The monoisotopic (exact) mass is 384 g/mol. The molecule has 2 aliphatic heterocycles. The molecule has 0 N–H and O–H groups in total. The first kappa shape index (κ1) is 18.0. The van der Waals surface area contributed by atoms with Gasteiger partial charge in [0.2, 0.25) is 0 Å². The van der Waals surface area contributed by atoms with E-state index in [1.54, 1.807) is 14.2 Å². The molecule has 0 radical (unpaired) electrons. The lowest BCUT2D eigenvalue weighted by atomic mass is 9.96.